The normalized spacial score (nSPS) is 11.5. The van der Waals surface area contributed by atoms with Gasteiger partial charge in [0.15, 0.2) is 0 Å². The zero-order chi connectivity index (χ0) is 23.3. The van der Waals surface area contributed by atoms with E-state index >= 15 is 0 Å². The van der Waals surface area contributed by atoms with Gasteiger partial charge in [0, 0.05) is 17.8 Å². The number of ether oxygens (including phenoxy) is 1. The molecule has 9 nitrogen and oxygen atoms in total. The van der Waals surface area contributed by atoms with Crippen molar-refractivity contribution in [2.45, 2.75) is 5.16 Å². The van der Waals surface area contributed by atoms with E-state index in [9.17, 15) is 27.7 Å². The first kappa shape index (κ1) is 22.7. The molecule has 0 spiro atoms. The molecule has 0 aliphatic rings. The van der Waals surface area contributed by atoms with Gasteiger partial charge in [0.1, 0.15) is 23.2 Å². The Hall–Kier alpha value is -3.95. The number of carbonyl (C=O) groups excluding carboxylic acids is 2. The van der Waals surface area contributed by atoms with E-state index in [1.807, 2.05) is 0 Å². The molecule has 2 aromatic carbocycles. The zero-order valence-corrected chi connectivity index (χ0v) is 17.9. The Balaban J connectivity index is 1.70. The molecule has 0 saturated heterocycles. The number of sulfone groups is 1. The fourth-order valence-electron chi connectivity index (χ4n) is 2.31. The Morgan fingerprint density at radius 2 is 1.88 bits per heavy atom. The predicted octanol–water partition coefficient (Wildman–Crippen LogP) is 2.85. The third-order valence-corrected chi connectivity index (χ3v) is 5.41. The number of aromatic nitrogens is 2. The molecule has 32 heavy (non-hydrogen) atoms. The van der Waals surface area contributed by atoms with E-state index in [0.29, 0.717) is 17.1 Å². The minimum atomic E-state index is -3.62. The minimum absolute atomic E-state index is 0.0769. The van der Waals surface area contributed by atoms with E-state index in [1.165, 1.54) is 48.5 Å². The van der Waals surface area contributed by atoms with E-state index in [-0.39, 0.29) is 22.0 Å². The molecule has 0 radical (unpaired) electrons. The second-order valence-corrected chi connectivity index (χ2v) is 8.88. The van der Waals surface area contributed by atoms with Gasteiger partial charge in [-0.05, 0) is 35.9 Å². The third kappa shape index (κ3) is 5.60. The van der Waals surface area contributed by atoms with Crippen LogP contribution in [0, 0.1) is 17.1 Å². The van der Waals surface area contributed by atoms with Crippen LogP contribution in [0.2, 0.25) is 0 Å². The third-order valence-electron chi connectivity index (χ3n) is 3.82. The van der Waals surface area contributed by atoms with Gasteiger partial charge < -0.3 is 4.74 Å². The van der Waals surface area contributed by atoms with E-state index in [0.717, 1.165) is 12.3 Å². The average molecular weight is 472 g/mol. The number of hydrogen-bond donors (Lipinski definition) is 1. The van der Waals surface area contributed by atoms with Crippen molar-refractivity contribution in [1.29, 1.82) is 5.26 Å². The Kier molecular flexibility index (Phi) is 6.72. The quantitative estimate of drug-likeness (QED) is 0.250. The van der Waals surface area contributed by atoms with Crippen molar-refractivity contribution >= 4 is 44.5 Å². The van der Waals surface area contributed by atoms with Crippen molar-refractivity contribution in [2.24, 2.45) is 0 Å². The fourth-order valence-corrected chi connectivity index (χ4v) is 3.75. The second kappa shape index (κ2) is 9.46. The molecule has 1 N–H and O–H groups in total. The number of esters is 1. The highest BCUT2D eigenvalue weighted by atomic mass is 32.2. The van der Waals surface area contributed by atoms with Gasteiger partial charge in [-0.15, -0.1) is 0 Å². The van der Waals surface area contributed by atoms with Crippen LogP contribution in [0.3, 0.4) is 0 Å². The molecule has 0 atom stereocenters. The van der Waals surface area contributed by atoms with E-state index in [4.69, 9.17) is 4.74 Å². The molecular weight excluding hydrogens is 459 g/mol. The molecule has 12 heteroatoms. The van der Waals surface area contributed by atoms with E-state index in [1.54, 1.807) is 6.07 Å². The Morgan fingerprint density at radius 3 is 2.47 bits per heavy atom. The molecule has 0 unspecified atom stereocenters. The summed E-state index contributed by atoms with van der Waals surface area (Å²) in [5, 5.41) is 11.1. The molecule has 0 aliphatic heterocycles. The Morgan fingerprint density at radius 1 is 1.19 bits per heavy atom. The summed E-state index contributed by atoms with van der Waals surface area (Å²) in [6.07, 6.45) is 2.20. The maximum absolute atomic E-state index is 13.7. The number of anilines is 1. The van der Waals surface area contributed by atoms with Gasteiger partial charge in [0.05, 0.1) is 5.56 Å². The highest BCUT2D eigenvalue weighted by Gasteiger charge is 2.18. The highest BCUT2D eigenvalue weighted by Crippen LogP contribution is 2.19. The minimum Gasteiger partial charge on any atom is -0.423 e. The van der Waals surface area contributed by atoms with Crippen molar-refractivity contribution in [3.63, 3.8) is 0 Å². The fraction of sp³-hybridized carbons (Fsp3) is 0.0500. The number of carbonyl (C=O) groups is 2. The van der Waals surface area contributed by atoms with E-state index < -0.39 is 32.7 Å². The molecule has 1 amide bonds. The highest BCUT2D eigenvalue weighted by molar-refractivity contribution is 7.90. The van der Waals surface area contributed by atoms with Gasteiger partial charge >= 0.3 is 5.97 Å². The monoisotopic (exact) mass is 472 g/mol. The summed E-state index contributed by atoms with van der Waals surface area (Å²) in [6.45, 7) is 0. The first-order valence-corrected chi connectivity index (χ1v) is 11.4. The molecule has 0 bridgehead atoms. The maximum Gasteiger partial charge on any atom is 0.346 e. The predicted molar refractivity (Wildman–Crippen MR) is 113 cm³/mol. The van der Waals surface area contributed by atoms with Crippen LogP contribution in [0.25, 0.3) is 6.08 Å². The molecule has 0 saturated carbocycles. The number of nitriles is 1. The van der Waals surface area contributed by atoms with Gasteiger partial charge in [-0.25, -0.2) is 17.6 Å². The molecule has 0 fully saturated rings. The van der Waals surface area contributed by atoms with Crippen molar-refractivity contribution in [2.75, 3.05) is 11.6 Å². The molecule has 3 rings (SSSR count). The summed E-state index contributed by atoms with van der Waals surface area (Å²) in [7, 11) is -3.62. The number of benzene rings is 2. The van der Waals surface area contributed by atoms with Crippen LogP contribution >= 0.6 is 11.5 Å². The van der Waals surface area contributed by atoms with Gasteiger partial charge in [-0.2, -0.15) is 14.6 Å². The van der Waals surface area contributed by atoms with Crippen LogP contribution in [0.5, 0.6) is 5.75 Å². The summed E-state index contributed by atoms with van der Waals surface area (Å²) < 4.78 is 45.2. The van der Waals surface area contributed by atoms with Crippen molar-refractivity contribution in [3.8, 4) is 11.8 Å². The number of nitrogens with zero attached hydrogens (tertiary/aromatic N) is 3. The first-order chi connectivity index (χ1) is 15.2. The van der Waals surface area contributed by atoms with Crippen LogP contribution in [0.4, 0.5) is 9.52 Å². The molecule has 0 aliphatic carbocycles. The average Bonchev–Trinajstić information content (AvgIpc) is 3.22. The van der Waals surface area contributed by atoms with Gasteiger partial charge in [-0.3, -0.25) is 10.1 Å². The summed E-state index contributed by atoms with van der Waals surface area (Å²) in [6, 6.07) is 12.9. The lowest BCUT2D eigenvalue weighted by atomic mass is 10.1. The summed E-state index contributed by atoms with van der Waals surface area (Å²) in [5.74, 6) is -2.24. The van der Waals surface area contributed by atoms with Crippen LogP contribution in [-0.4, -0.2) is 35.9 Å². The largest absolute Gasteiger partial charge is 0.423 e. The Labute approximate surface area is 185 Å². The number of rotatable bonds is 6. The standard InChI is InChI=1S/C20H13FN4O5S2/c1-32(28,29)20-24-19(31-25-20)23-17(26)13(11-22)10-12-6-8-14(9-7-12)30-18(27)15-4-2-3-5-16(15)21/h2-10H,1H3,(H,23,24,25,26)/b13-10-. The molecule has 1 aromatic heterocycles. The van der Waals surface area contributed by atoms with Crippen molar-refractivity contribution in [1.82, 2.24) is 9.36 Å². The van der Waals surface area contributed by atoms with Gasteiger partial charge in [0.2, 0.25) is 15.0 Å². The summed E-state index contributed by atoms with van der Waals surface area (Å²) >= 11 is 0.662. The lowest BCUT2D eigenvalue weighted by molar-refractivity contribution is -0.112. The molecule has 162 valence electrons. The first-order valence-electron chi connectivity index (χ1n) is 8.71. The lowest BCUT2D eigenvalue weighted by Crippen LogP contribution is -2.13. The summed E-state index contributed by atoms with van der Waals surface area (Å²) in [5.41, 5.74) is -0.0516. The van der Waals surface area contributed by atoms with Crippen LogP contribution in [0.15, 0.2) is 59.3 Å². The number of nitrogens with one attached hydrogen (secondary N) is 1. The number of halogens is 1. The van der Waals surface area contributed by atoms with E-state index in [2.05, 4.69) is 14.7 Å². The SMILES string of the molecule is CS(=O)(=O)c1nsc(NC(=O)/C(C#N)=C\c2ccc(OC(=O)c3ccccc3F)cc2)n1. The van der Waals surface area contributed by atoms with Crippen LogP contribution in [-0.2, 0) is 14.6 Å². The number of hydrogen-bond acceptors (Lipinski definition) is 9. The molecule has 1 heterocycles. The van der Waals surface area contributed by atoms with Crippen LogP contribution < -0.4 is 10.1 Å². The number of amides is 1. The van der Waals surface area contributed by atoms with Gasteiger partial charge in [-0.1, -0.05) is 24.3 Å². The second-order valence-electron chi connectivity index (χ2n) is 6.22. The zero-order valence-electron chi connectivity index (χ0n) is 16.3. The topological polar surface area (TPSA) is 139 Å². The lowest BCUT2D eigenvalue weighted by Gasteiger charge is -2.05. The van der Waals surface area contributed by atoms with Crippen molar-refractivity contribution < 1.29 is 27.1 Å². The molecule has 3 aromatic rings. The van der Waals surface area contributed by atoms with Crippen LogP contribution in [0.1, 0.15) is 15.9 Å². The van der Waals surface area contributed by atoms with Crippen molar-refractivity contribution in [3.05, 3.63) is 71.0 Å². The smallest absolute Gasteiger partial charge is 0.346 e. The van der Waals surface area contributed by atoms with Gasteiger partial charge in [0.25, 0.3) is 11.1 Å². The Bertz CT molecular complexity index is 1360. The summed E-state index contributed by atoms with van der Waals surface area (Å²) in [4.78, 5) is 28.0. The molecular formula is C20H13FN4O5S2. The maximum atomic E-state index is 13.7.